The van der Waals surface area contributed by atoms with Crippen LogP contribution in [0.4, 0.5) is 0 Å². The summed E-state index contributed by atoms with van der Waals surface area (Å²) in [5, 5.41) is 0. The van der Waals surface area contributed by atoms with Gasteiger partial charge in [-0.05, 0) is 45.9 Å². The summed E-state index contributed by atoms with van der Waals surface area (Å²) in [5.74, 6) is 0.833. The fourth-order valence-corrected chi connectivity index (χ4v) is 2.01. The summed E-state index contributed by atoms with van der Waals surface area (Å²) in [6.45, 7) is 14.0. The molecule has 0 aromatic heterocycles. The third-order valence-electron chi connectivity index (χ3n) is 3.26. The molecule has 0 bridgehead atoms. The molecule has 0 atom stereocenters. The van der Waals surface area contributed by atoms with Gasteiger partial charge < -0.3 is 14.6 Å². The summed E-state index contributed by atoms with van der Waals surface area (Å²) < 4.78 is 0. The first-order valence-corrected chi connectivity index (χ1v) is 7.98. The van der Waals surface area contributed by atoms with Gasteiger partial charge in [-0.25, -0.2) is 0 Å². The zero-order valence-electron chi connectivity index (χ0n) is 14.3. The summed E-state index contributed by atoms with van der Waals surface area (Å²) in [7, 11) is 4.28. The Morgan fingerprint density at radius 2 is 1.25 bits per heavy atom. The highest BCUT2D eigenvalue weighted by molar-refractivity contribution is 5.51. The third kappa shape index (κ3) is 12.6. The maximum Gasteiger partial charge on any atom is 0.133 e. The molecule has 20 heavy (non-hydrogen) atoms. The standard InChI is InChI=1S/C7H14N2O.C5H11N.C4H10/c1-8-2-4-9(5-3-8)6-7-10;1-6-4-2-3-5-6;1-4(2)3/h7H,2-6H2,1H3;2-5H2,1H3;4H,1-3H3. The Morgan fingerprint density at radius 3 is 1.55 bits per heavy atom. The molecule has 2 aliphatic rings. The van der Waals surface area contributed by atoms with E-state index in [9.17, 15) is 4.79 Å². The van der Waals surface area contributed by atoms with Crippen molar-refractivity contribution < 1.29 is 4.79 Å². The first-order valence-electron chi connectivity index (χ1n) is 7.98. The van der Waals surface area contributed by atoms with Crippen LogP contribution in [0.15, 0.2) is 0 Å². The van der Waals surface area contributed by atoms with Crippen molar-refractivity contribution in [2.75, 3.05) is 59.9 Å². The van der Waals surface area contributed by atoms with E-state index < -0.39 is 0 Å². The number of hydrogen-bond donors (Lipinski definition) is 0. The average Bonchev–Trinajstić information content (AvgIpc) is 2.84. The van der Waals surface area contributed by atoms with Gasteiger partial charge in [-0.15, -0.1) is 0 Å². The zero-order chi connectivity index (χ0) is 15.4. The lowest BCUT2D eigenvalue weighted by Crippen LogP contribution is -2.44. The van der Waals surface area contributed by atoms with E-state index >= 15 is 0 Å². The molecule has 0 spiro atoms. The fraction of sp³-hybridized carbons (Fsp3) is 0.938. The number of aldehydes is 1. The van der Waals surface area contributed by atoms with Crippen molar-refractivity contribution in [1.29, 1.82) is 0 Å². The van der Waals surface area contributed by atoms with Crippen molar-refractivity contribution in [1.82, 2.24) is 14.7 Å². The first-order chi connectivity index (χ1) is 9.45. The van der Waals surface area contributed by atoms with E-state index in [-0.39, 0.29) is 0 Å². The van der Waals surface area contributed by atoms with E-state index in [1.807, 2.05) is 0 Å². The lowest BCUT2D eigenvalue weighted by molar-refractivity contribution is -0.109. The Balaban J connectivity index is 0.000000307. The Bertz CT molecular complexity index is 217. The molecular formula is C16H35N3O. The van der Waals surface area contributed by atoms with E-state index in [0.29, 0.717) is 6.54 Å². The Labute approximate surface area is 126 Å². The van der Waals surface area contributed by atoms with E-state index in [4.69, 9.17) is 0 Å². The summed E-state index contributed by atoms with van der Waals surface area (Å²) in [6, 6.07) is 0. The minimum Gasteiger partial charge on any atom is -0.306 e. The summed E-state index contributed by atoms with van der Waals surface area (Å²) in [5.41, 5.74) is 0. The number of rotatable bonds is 2. The van der Waals surface area contributed by atoms with Gasteiger partial charge in [-0.2, -0.15) is 0 Å². The zero-order valence-corrected chi connectivity index (χ0v) is 14.3. The van der Waals surface area contributed by atoms with Crippen LogP contribution in [0.5, 0.6) is 0 Å². The summed E-state index contributed by atoms with van der Waals surface area (Å²) >= 11 is 0. The van der Waals surface area contributed by atoms with Crippen LogP contribution in [0.3, 0.4) is 0 Å². The molecular weight excluding hydrogens is 250 g/mol. The van der Waals surface area contributed by atoms with Crippen LogP contribution in [0.1, 0.15) is 33.6 Å². The van der Waals surface area contributed by atoms with Gasteiger partial charge in [0.2, 0.25) is 0 Å². The number of likely N-dealkylation sites (tertiary alicyclic amines) is 1. The van der Waals surface area contributed by atoms with Gasteiger partial charge >= 0.3 is 0 Å². The van der Waals surface area contributed by atoms with Crippen molar-refractivity contribution in [2.24, 2.45) is 5.92 Å². The molecule has 0 radical (unpaired) electrons. The van der Waals surface area contributed by atoms with Crippen LogP contribution in [-0.2, 0) is 4.79 Å². The summed E-state index contributed by atoms with van der Waals surface area (Å²) in [6.07, 6.45) is 3.80. The third-order valence-corrected chi connectivity index (χ3v) is 3.26. The number of piperazine rings is 1. The molecule has 0 aromatic rings. The molecule has 2 fully saturated rings. The number of carbonyl (C=O) groups excluding carboxylic acids is 1. The van der Waals surface area contributed by atoms with Crippen LogP contribution < -0.4 is 0 Å². The van der Waals surface area contributed by atoms with E-state index in [0.717, 1.165) is 38.4 Å². The monoisotopic (exact) mass is 285 g/mol. The number of hydrogen-bond acceptors (Lipinski definition) is 4. The molecule has 2 rings (SSSR count). The minimum atomic E-state index is 0.605. The predicted octanol–water partition coefficient (Wildman–Crippen LogP) is 1.81. The highest BCUT2D eigenvalue weighted by Gasteiger charge is 2.11. The first kappa shape index (κ1) is 19.6. The highest BCUT2D eigenvalue weighted by atomic mass is 16.1. The second-order valence-electron chi connectivity index (χ2n) is 6.51. The van der Waals surface area contributed by atoms with E-state index in [2.05, 4.69) is 49.6 Å². The Kier molecular flexibility index (Phi) is 12.0. The minimum absolute atomic E-state index is 0.605. The van der Waals surface area contributed by atoms with Crippen LogP contribution >= 0.6 is 0 Å². The molecule has 4 heteroatoms. The van der Waals surface area contributed by atoms with E-state index in [1.54, 1.807) is 0 Å². The van der Waals surface area contributed by atoms with Crippen molar-refractivity contribution >= 4 is 6.29 Å². The molecule has 4 nitrogen and oxygen atoms in total. The highest BCUT2D eigenvalue weighted by Crippen LogP contribution is 2.02. The lowest BCUT2D eigenvalue weighted by Gasteiger charge is -2.30. The van der Waals surface area contributed by atoms with Crippen LogP contribution in [0.2, 0.25) is 0 Å². The fourth-order valence-electron chi connectivity index (χ4n) is 2.01. The molecule has 2 heterocycles. The summed E-state index contributed by atoms with van der Waals surface area (Å²) in [4.78, 5) is 16.9. The average molecular weight is 285 g/mol. The van der Waals surface area contributed by atoms with Gasteiger partial charge in [0.25, 0.3) is 0 Å². The van der Waals surface area contributed by atoms with Crippen LogP contribution in [0.25, 0.3) is 0 Å². The molecule has 120 valence electrons. The molecule has 2 saturated heterocycles. The van der Waals surface area contributed by atoms with Crippen molar-refractivity contribution in [3.05, 3.63) is 0 Å². The maximum atomic E-state index is 10.1. The van der Waals surface area contributed by atoms with E-state index in [1.165, 1.54) is 25.9 Å². The number of carbonyl (C=O) groups is 1. The molecule has 0 unspecified atom stereocenters. The largest absolute Gasteiger partial charge is 0.306 e. The van der Waals surface area contributed by atoms with Crippen molar-refractivity contribution in [3.63, 3.8) is 0 Å². The molecule has 0 N–H and O–H groups in total. The van der Waals surface area contributed by atoms with Gasteiger partial charge in [-0.1, -0.05) is 20.8 Å². The second kappa shape index (κ2) is 12.3. The Hall–Kier alpha value is -0.450. The van der Waals surface area contributed by atoms with Gasteiger partial charge in [0.15, 0.2) is 0 Å². The van der Waals surface area contributed by atoms with Crippen molar-refractivity contribution in [3.8, 4) is 0 Å². The SMILES string of the molecule is CC(C)C.CN1CCCC1.CN1CCN(CC=O)CC1. The van der Waals surface area contributed by atoms with Gasteiger partial charge in [-0.3, -0.25) is 4.90 Å². The number of nitrogens with zero attached hydrogens (tertiary/aromatic N) is 3. The molecule has 0 saturated carbocycles. The van der Waals surface area contributed by atoms with Gasteiger partial charge in [0, 0.05) is 26.2 Å². The van der Waals surface area contributed by atoms with Crippen LogP contribution in [-0.4, -0.2) is 80.9 Å². The molecule has 2 aliphatic heterocycles. The van der Waals surface area contributed by atoms with Gasteiger partial charge in [0.05, 0.1) is 6.54 Å². The quantitative estimate of drug-likeness (QED) is 0.723. The van der Waals surface area contributed by atoms with Crippen LogP contribution in [0, 0.1) is 5.92 Å². The molecule has 0 aliphatic carbocycles. The van der Waals surface area contributed by atoms with Gasteiger partial charge in [0.1, 0.15) is 6.29 Å². The topological polar surface area (TPSA) is 26.8 Å². The number of likely N-dealkylation sites (N-methyl/N-ethyl adjacent to an activating group) is 1. The second-order valence-corrected chi connectivity index (χ2v) is 6.51. The Morgan fingerprint density at radius 1 is 0.850 bits per heavy atom. The predicted molar refractivity (Wildman–Crippen MR) is 87.2 cm³/mol. The van der Waals surface area contributed by atoms with Crippen molar-refractivity contribution in [2.45, 2.75) is 33.6 Å². The molecule has 0 amide bonds. The maximum absolute atomic E-state index is 10.1. The normalized spacial score (nSPS) is 20.9. The lowest BCUT2D eigenvalue weighted by atomic mass is 10.3. The molecule has 0 aromatic carbocycles. The smallest absolute Gasteiger partial charge is 0.133 e.